The van der Waals surface area contributed by atoms with Crippen LogP contribution in [0.1, 0.15) is 116 Å². The number of hydrogen-bond donors (Lipinski definition) is 1. The normalized spacial score (nSPS) is 22.8. The van der Waals surface area contributed by atoms with Gasteiger partial charge in [0.05, 0.1) is 0 Å². The minimum atomic E-state index is 0.470. The van der Waals surface area contributed by atoms with Crippen molar-refractivity contribution < 1.29 is 0 Å². The summed E-state index contributed by atoms with van der Waals surface area (Å²) in [5.41, 5.74) is 0. The number of hydrogen-bond acceptors (Lipinski definition) is 1. The van der Waals surface area contributed by atoms with Gasteiger partial charge in [0.2, 0.25) is 0 Å². The first-order valence-corrected chi connectivity index (χ1v) is 13.4. The van der Waals surface area contributed by atoms with E-state index < -0.39 is 0 Å². The molecule has 3 heteroatoms. The molecule has 0 aromatic rings. The molecule has 0 radical (unpaired) electrons. The molecule has 1 aliphatic heterocycles. The maximum atomic E-state index is 4.09. The Morgan fingerprint density at radius 3 is 1.84 bits per heavy atom. The summed E-state index contributed by atoms with van der Waals surface area (Å²) >= 11 is 4.09. The number of nitrogens with one attached hydrogen (secondary N) is 1. The summed E-state index contributed by atoms with van der Waals surface area (Å²) in [5.74, 6) is 0. The monoisotopic (exact) mass is 433 g/mol. The van der Waals surface area contributed by atoms with E-state index >= 15 is 0 Å². The maximum Gasteiger partial charge on any atom is 0.0438 e. The van der Waals surface area contributed by atoms with Gasteiger partial charge >= 0.3 is 0 Å². The van der Waals surface area contributed by atoms with E-state index in [4.69, 9.17) is 0 Å². The third-order valence-corrected chi connectivity index (χ3v) is 8.97. The van der Waals surface area contributed by atoms with Gasteiger partial charge in [0.15, 0.2) is 0 Å². The zero-order valence-corrected chi connectivity index (χ0v) is 19.6. The lowest BCUT2D eigenvalue weighted by atomic mass is 10.0. The van der Waals surface area contributed by atoms with E-state index in [1.54, 1.807) is 0 Å². The lowest BCUT2D eigenvalue weighted by molar-refractivity contribution is 0.517. The molecule has 1 N–H and O–H groups in total. The first-order valence-electron chi connectivity index (χ1n) is 11.4. The van der Waals surface area contributed by atoms with E-state index in [-0.39, 0.29) is 0 Å². The molecule has 0 saturated carbocycles. The van der Waals surface area contributed by atoms with Gasteiger partial charge in [-0.25, -0.2) is 0 Å². The first-order chi connectivity index (χ1) is 12.3. The second-order valence-corrected chi connectivity index (χ2v) is 12.2. The van der Waals surface area contributed by atoms with E-state index in [1.165, 1.54) is 128 Å². The zero-order chi connectivity index (χ0) is 18.1. The van der Waals surface area contributed by atoms with Crippen LogP contribution in [-0.4, -0.2) is 23.3 Å². The molecule has 0 amide bonds. The molecule has 150 valence electrons. The molecule has 0 spiro atoms. The molecule has 2 atom stereocenters. The minimum absolute atomic E-state index is 0.470. The van der Waals surface area contributed by atoms with E-state index in [1.807, 2.05) is 0 Å². The van der Waals surface area contributed by atoms with Gasteiger partial charge in [0.1, 0.15) is 0 Å². The first kappa shape index (κ1) is 23.9. The van der Waals surface area contributed by atoms with Crippen LogP contribution < -0.4 is 5.32 Å². The highest BCUT2D eigenvalue weighted by molar-refractivity contribution is 9.11. The van der Waals surface area contributed by atoms with Gasteiger partial charge in [0.25, 0.3) is 0 Å². The topological polar surface area (TPSA) is 12.0 Å². The van der Waals surface area contributed by atoms with Gasteiger partial charge in [-0.2, -0.15) is 0 Å². The van der Waals surface area contributed by atoms with Gasteiger partial charge < -0.3 is 5.32 Å². The molecule has 0 aromatic heterocycles. The van der Waals surface area contributed by atoms with Crippen LogP contribution in [0, 0.1) is 0 Å². The molecular weight excluding hydrogens is 389 g/mol. The van der Waals surface area contributed by atoms with Crippen LogP contribution in [0.4, 0.5) is 0 Å². The van der Waals surface area contributed by atoms with Gasteiger partial charge in [-0.15, -0.1) is 8.58 Å². The summed E-state index contributed by atoms with van der Waals surface area (Å²) in [6, 6.07) is 0. The third kappa shape index (κ3) is 14.6. The Balaban J connectivity index is 1.82. The molecule has 0 bridgehead atoms. The number of alkyl halides is 1. The van der Waals surface area contributed by atoms with E-state index in [0.29, 0.717) is 4.07 Å². The van der Waals surface area contributed by atoms with Crippen molar-refractivity contribution in [2.75, 3.05) is 19.3 Å². The fourth-order valence-corrected chi connectivity index (χ4v) is 6.37. The standard InChI is InChI=1S/C22H45BrNP/c1-2-3-4-5-6-7-8-9-10-11-12-13-14-15-17-22(23)18-20-24-19-16-21-25-22/h24-25H,2-21H2,1H3. The SMILES string of the molecule is CCCCCCCCCCCCCCCCC1(Br)CCNCCCP1. The molecule has 1 aliphatic rings. The molecule has 1 heterocycles. The van der Waals surface area contributed by atoms with Crippen LogP contribution in [0.3, 0.4) is 0 Å². The summed E-state index contributed by atoms with van der Waals surface area (Å²) in [7, 11) is 1.12. The van der Waals surface area contributed by atoms with Gasteiger partial charge in [-0.3, -0.25) is 0 Å². The van der Waals surface area contributed by atoms with E-state index in [9.17, 15) is 0 Å². The second-order valence-electron chi connectivity index (χ2n) is 8.09. The van der Waals surface area contributed by atoms with E-state index in [0.717, 1.165) is 8.58 Å². The maximum absolute atomic E-state index is 4.09. The number of rotatable bonds is 15. The summed E-state index contributed by atoms with van der Waals surface area (Å²) in [6.07, 6.45) is 25.9. The fraction of sp³-hybridized carbons (Fsp3) is 1.00. The van der Waals surface area contributed by atoms with Crippen LogP contribution in [0.15, 0.2) is 0 Å². The minimum Gasteiger partial charge on any atom is -0.317 e. The Kier molecular flexibility index (Phi) is 16.3. The predicted octanol–water partition coefficient (Wildman–Crippen LogP) is 8.01. The molecule has 25 heavy (non-hydrogen) atoms. The van der Waals surface area contributed by atoms with Crippen LogP contribution in [-0.2, 0) is 0 Å². The average Bonchev–Trinajstić information content (AvgIpc) is 2.59. The Hall–Kier alpha value is 0.870. The molecule has 1 nitrogen and oxygen atoms in total. The van der Waals surface area contributed by atoms with Crippen molar-refractivity contribution in [2.45, 2.75) is 120 Å². The fourth-order valence-electron chi connectivity index (χ4n) is 3.84. The summed E-state index contributed by atoms with van der Waals surface area (Å²) in [5, 5.41) is 3.57. The molecular formula is C22H45BrNP. The second kappa shape index (κ2) is 17.0. The molecule has 1 rings (SSSR count). The summed E-state index contributed by atoms with van der Waals surface area (Å²) in [6.45, 7) is 4.74. The van der Waals surface area contributed by atoms with Crippen molar-refractivity contribution in [1.29, 1.82) is 0 Å². The Bertz CT molecular complexity index is 277. The lowest BCUT2D eigenvalue weighted by Crippen LogP contribution is -2.28. The van der Waals surface area contributed by atoms with Crippen LogP contribution in [0.2, 0.25) is 0 Å². The van der Waals surface area contributed by atoms with Crippen LogP contribution in [0.5, 0.6) is 0 Å². The van der Waals surface area contributed by atoms with Gasteiger partial charge in [-0.1, -0.05) is 113 Å². The quantitative estimate of drug-likeness (QED) is 0.156. The predicted molar refractivity (Wildman–Crippen MR) is 122 cm³/mol. The Labute approximate surface area is 169 Å². The van der Waals surface area contributed by atoms with E-state index in [2.05, 4.69) is 28.2 Å². The highest BCUT2D eigenvalue weighted by atomic mass is 79.9. The molecule has 1 fully saturated rings. The molecule has 0 aromatic carbocycles. The highest BCUT2D eigenvalue weighted by Crippen LogP contribution is 2.45. The smallest absolute Gasteiger partial charge is 0.0438 e. The van der Waals surface area contributed by atoms with Crippen LogP contribution in [0.25, 0.3) is 0 Å². The van der Waals surface area contributed by atoms with Crippen molar-refractivity contribution in [3.8, 4) is 0 Å². The largest absolute Gasteiger partial charge is 0.317 e. The van der Waals surface area contributed by atoms with Gasteiger partial charge in [0, 0.05) is 4.07 Å². The number of halogens is 1. The van der Waals surface area contributed by atoms with Crippen molar-refractivity contribution >= 4 is 24.5 Å². The lowest BCUT2D eigenvalue weighted by Gasteiger charge is -2.30. The number of unbranched alkanes of at least 4 members (excludes halogenated alkanes) is 13. The van der Waals surface area contributed by atoms with Crippen molar-refractivity contribution in [2.24, 2.45) is 0 Å². The Morgan fingerprint density at radius 1 is 0.760 bits per heavy atom. The van der Waals surface area contributed by atoms with Gasteiger partial charge in [-0.05, 0) is 38.5 Å². The average molecular weight is 434 g/mol. The van der Waals surface area contributed by atoms with Crippen molar-refractivity contribution in [1.82, 2.24) is 5.32 Å². The highest BCUT2D eigenvalue weighted by Gasteiger charge is 2.25. The van der Waals surface area contributed by atoms with Crippen molar-refractivity contribution in [3.63, 3.8) is 0 Å². The third-order valence-electron chi connectivity index (χ3n) is 5.60. The molecule has 1 saturated heterocycles. The van der Waals surface area contributed by atoms with Crippen LogP contribution >= 0.6 is 24.5 Å². The summed E-state index contributed by atoms with van der Waals surface area (Å²) < 4.78 is 0.470. The molecule has 0 aliphatic carbocycles. The molecule has 2 unspecified atom stereocenters. The van der Waals surface area contributed by atoms with Crippen molar-refractivity contribution in [3.05, 3.63) is 0 Å². The summed E-state index contributed by atoms with van der Waals surface area (Å²) in [4.78, 5) is 0. The zero-order valence-electron chi connectivity index (χ0n) is 17.0. The Morgan fingerprint density at radius 2 is 1.28 bits per heavy atom.